The first-order chi connectivity index (χ1) is 5.20. The van der Waals surface area contributed by atoms with Gasteiger partial charge in [-0.05, 0) is 12.0 Å². The maximum atomic E-state index is 8.67. The number of hydrogen-bond acceptors (Lipinski definition) is 1. The molecule has 0 radical (unpaired) electrons. The lowest BCUT2D eigenvalue weighted by Crippen LogP contribution is -2.35. The maximum Gasteiger partial charge on any atom is 0.0936 e. The molecule has 12 heavy (non-hydrogen) atoms. The van der Waals surface area contributed by atoms with Crippen molar-refractivity contribution in [2.75, 3.05) is 0 Å². The van der Waals surface area contributed by atoms with Crippen molar-refractivity contribution < 1.29 is 0 Å². The van der Waals surface area contributed by atoms with Gasteiger partial charge in [0.05, 0.1) is 14.1 Å². The topological polar surface area (TPSA) is 23.8 Å². The summed E-state index contributed by atoms with van der Waals surface area (Å²) in [6.07, 6.45) is 0. The van der Waals surface area contributed by atoms with E-state index in [0.717, 1.165) is 5.57 Å². The van der Waals surface area contributed by atoms with Gasteiger partial charge in [-0.1, -0.05) is 39.6 Å². The second-order valence-electron chi connectivity index (χ2n) is 4.91. The summed E-state index contributed by atoms with van der Waals surface area (Å²) in [6.45, 7) is 13.2. The lowest BCUT2D eigenvalue weighted by atomic mass is 10.2. The molecule has 68 valence electrons. The van der Waals surface area contributed by atoms with Crippen molar-refractivity contribution in [1.82, 2.24) is 0 Å². The number of rotatable bonds is 1. The molecular weight excluding hydrogens is 162 g/mol. The molecule has 0 amide bonds. The molecule has 0 fully saturated rings. The van der Waals surface area contributed by atoms with Gasteiger partial charge in [-0.25, -0.2) is 0 Å². The minimum Gasteiger partial charge on any atom is -0.193 e. The molecule has 0 aliphatic heterocycles. The molecule has 1 nitrogen and oxygen atoms in total. The number of allylic oxidation sites excluding steroid dienone is 1. The van der Waals surface area contributed by atoms with E-state index >= 15 is 0 Å². The average Bonchev–Trinajstić information content (AvgIpc) is 1.84. The van der Waals surface area contributed by atoms with Crippen molar-refractivity contribution in [2.24, 2.45) is 0 Å². The Balaban J connectivity index is 4.79. The van der Waals surface area contributed by atoms with Crippen LogP contribution in [0.4, 0.5) is 0 Å². The van der Waals surface area contributed by atoms with E-state index in [4.69, 9.17) is 5.26 Å². The van der Waals surface area contributed by atoms with Gasteiger partial charge in [0.1, 0.15) is 0 Å². The van der Waals surface area contributed by atoms with Crippen LogP contribution in [0.5, 0.6) is 0 Å². The standard InChI is InChI=1S/C10H19NSi/c1-9(7-11)8-12(5,6)10(2,3)4/h8H,1-6H3. The van der Waals surface area contributed by atoms with Gasteiger partial charge in [-0.3, -0.25) is 0 Å². The first-order valence-corrected chi connectivity index (χ1v) is 7.38. The summed E-state index contributed by atoms with van der Waals surface area (Å²) in [5, 5.41) is 9.01. The Morgan fingerprint density at radius 1 is 1.33 bits per heavy atom. The van der Waals surface area contributed by atoms with E-state index in [-0.39, 0.29) is 0 Å². The van der Waals surface area contributed by atoms with Crippen molar-refractivity contribution >= 4 is 8.07 Å². The van der Waals surface area contributed by atoms with Crippen LogP contribution >= 0.6 is 0 Å². The van der Waals surface area contributed by atoms with Crippen LogP contribution < -0.4 is 0 Å². The van der Waals surface area contributed by atoms with Crippen LogP contribution in [0.25, 0.3) is 0 Å². The van der Waals surface area contributed by atoms with E-state index in [9.17, 15) is 0 Å². The lowest BCUT2D eigenvalue weighted by molar-refractivity contribution is 0.728. The number of hydrogen-bond donors (Lipinski definition) is 0. The van der Waals surface area contributed by atoms with Crippen LogP contribution in [0.2, 0.25) is 18.1 Å². The third-order valence-electron chi connectivity index (χ3n) is 2.69. The minimum absolute atomic E-state index is 0.338. The molecule has 0 aromatic heterocycles. The molecule has 2 heteroatoms. The number of nitrogens with zero attached hydrogens (tertiary/aromatic N) is 1. The second-order valence-corrected chi connectivity index (χ2v) is 10.1. The molecule has 0 N–H and O–H groups in total. The first-order valence-electron chi connectivity index (χ1n) is 4.30. The Hall–Kier alpha value is -0.553. The largest absolute Gasteiger partial charge is 0.193 e. The van der Waals surface area contributed by atoms with Crippen molar-refractivity contribution in [3.63, 3.8) is 0 Å². The monoisotopic (exact) mass is 181 g/mol. The molecule has 0 saturated carbocycles. The van der Waals surface area contributed by atoms with Gasteiger partial charge in [0, 0.05) is 5.57 Å². The van der Waals surface area contributed by atoms with E-state index in [0.29, 0.717) is 5.04 Å². The third kappa shape index (κ3) is 2.82. The van der Waals surface area contributed by atoms with E-state index in [2.05, 4.69) is 45.6 Å². The molecule has 0 atom stereocenters. The van der Waals surface area contributed by atoms with Gasteiger partial charge < -0.3 is 0 Å². The average molecular weight is 181 g/mol. The molecular formula is C10H19NSi. The smallest absolute Gasteiger partial charge is 0.0936 e. The SMILES string of the molecule is CC(C#N)=C[Si](C)(C)C(C)(C)C. The summed E-state index contributed by atoms with van der Waals surface area (Å²) in [5.74, 6) is 0. The summed E-state index contributed by atoms with van der Waals surface area (Å²) in [6, 6.07) is 2.19. The van der Waals surface area contributed by atoms with Gasteiger partial charge >= 0.3 is 0 Å². The fourth-order valence-electron chi connectivity index (χ4n) is 0.790. The molecule has 0 heterocycles. The zero-order chi connectivity index (χ0) is 9.99. The molecule has 0 aliphatic rings. The maximum absolute atomic E-state index is 8.67. The van der Waals surface area contributed by atoms with Crippen molar-refractivity contribution in [3.8, 4) is 6.07 Å². The Kier molecular flexibility index (Phi) is 3.29. The summed E-state index contributed by atoms with van der Waals surface area (Å²) in [4.78, 5) is 0. The molecule has 0 aromatic carbocycles. The van der Waals surface area contributed by atoms with Gasteiger partial charge in [-0.15, -0.1) is 0 Å². The van der Waals surface area contributed by atoms with Crippen LogP contribution in [-0.4, -0.2) is 8.07 Å². The Morgan fingerprint density at radius 2 is 1.75 bits per heavy atom. The summed E-state index contributed by atoms with van der Waals surface area (Å²) < 4.78 is 0. The van der Waals surface area contributed by atoms with Gasteiger partial charge in [0.25, 0.3) is 0 Å². The Bertz CT molecular complexity index is 225. The molecule has 0 bridgehead atoms. The third-order valence-corrected chi connectivity index (χ3v) is 7.71. The zero-order valence-corrected chi connectivity index (χ0v) is 10.0. The molecule has 0 aromatic rings. The molecule has 0 unspecified atom stereocenters. The lowest BCUT2D eigenvalue weighted by Gasteiger charge is -2.34. The minimum atomic E-state index is -1.37. The fourth-order valence-corrected chi connectivity index (χ4v) is 2.37. The van der Waals surface area contributed by atoms with Crippen molar-refractivity contribution in [3.05, 3.63) is 11.3 Å². The molecule has 0 rings (SSSR count). The van der Waals surface area contributed by atoms with Crippen LogP contribution in [0.3, 0.4) is 0 Å². The van der Waals surface area contributed by atoms with Gasteiger partial charge in [0.2, 0.25) is 0 Å². The zero-order valence-electron chi connectivity index (χ0n) is 9.02. The highest BCUT2D eigenvalue weighted by atomic mass is 28.3. The predicted molar refractivity (Wildman–Crippen MR) is 56.6 cm³/mol. The fraction of sp³-hybridized carbons (Fsp3) is 0.700. The van der Waals surface area contributed by atoms with Crippen LogP contribution in [0, 0.1) is 11.3 Å². The van der Waals surface area contributed by atoms with E-state index < -0.39 is 8.07 Å². The Morgan fingerprint density at radius 3 is 2.00 bits per heavy atom. The predicted octanol–water partition coefficient (Wildman–Crippen LogP) is 3.50. The highest BCUT2D eigenvalue weighted by molar-refractivity contribution is 6.84. The molecule has 0 saturated heterocycles. The Labute approximate surface area is 77.1 Å². The van der Waals surface area contributed by atoms with E-state index in [1.807, 2.05) is 6.92 Å². The summed E-state index contributed by atoms with van der Waals surface area (Å²) in [7, 11) is -1.37. The van der Waals surface area contributed by atoms with Crippen molar-refractivity contribution in [1.29, 1.82) is 5.26 Å². The van der Waals surface area contributed by atoms with Crippen LogP contribution in [0.1, 0.15) is 27.7 Å². The second kappa shape index (κ2) is 3.45. The van der Waals surface area contributed by atoms with E-state index in [1.165, 1.54) is 0 Å². The normalized spacial score (nSPS) is 14.2. The van der Waals surface area contributed by atoms with Gasteiger partial charge in [0.15, 0.2) is 0 Å². The van der Waals surface area contributed by atoms with Crippen LogP contribution in [-0.2, 0) is 0 Å². The number of nitriles is 1. The van der Waals surface area contributed by atoms with Gasteiger partial charge in [-0.2, -0.15) is 5.26 Å². The van der Waals surface area contributed by atoms with E-state index in [1.54, 1.807) is 0 Å². The molecule has 0 aliphatic carbocycles. The van der Waals surface area contributed by atoms with Crippen molar-refractivity contribution in [2.45, 2.75) is 45.8 Å². The quantitative estimate of drug-likeness (QED) is 0.448. The van der Waals surface area contributed by atoms with Crippen LogP contribution in [0.15, 0.2) is 11.3 Å². The highest BCUT2D eigenvalue weighted by Crippen LogP contribution is 2.37. The summed E-state index contributed by atoms with van der Waals surface area (Å²) in [5.41, 5.74) is 3.05. The highest BCUT2D eigenvalue weighted by Gasteiger charge is 2.32. The molecule has 0 spiro atoms. The first kappa shape index (κ1) is 11.4. The summed E-state index contributed by atoms with van der Waals surface area (Å²) >= 11 is 0.